The molecule has 0 unspecified atom stereocenters. The van der Waals surface area contributed by atoms with E-state index in [1.807, 2.05) is 0 Å². The van der Waals surface area contributed by atoms with Crippen LogP contribution in [0, 0.1) is 5.82 Å². The summed E-state index contributed by atoms with van der Waals surface area (Å²) in [5.74, 6) is -0.973. The van der Waals surface area contributed by atoms with Crippen LogP contribution in [0.2, 0.25) is 0 Å². The molecule has 4 nitrogen and oxygen atoms in total. The Hall–Kier alpha value is -1.62. The number of nitrogens with zero attached hydrogens (tertiary/aromatic N) is 1. The third-order valence-electron chi connectivity index (χ3n) is 3.07. The van der Waals surface area contributed by atoms with Crippen LogP contribution in [0.1, 0.15) is 23.2 Å². The fraction of sp³-hybridized carbons (Fsp3) is 0.417. The highest BCUT2D eigenvalue weighted by Crippen LogP contribution is 2.22. The van der Waals surface area contributed by atoms with Crippen LogP contribution in [0.15, 0.2) is 18.2 Å². The standard InChI is InChI=1S/C12H15FN2O2/c13-11-4-3-8(14)6-10(11)12(17)15-5-1-2-9(15)7-16/h3-4,6,9,16H,1-2,5,7,14H2/t9-/m1/s1. The first-order chi connectivity index (χ1) is 8.13. The molecule has 0 saturated carbocycles. The molecule has 1 aliphatic rings. The van der Waals surface area contributed by atoms with Gasteiger partial charge in [-0.05, 0) is 31.0 Å². The number of hydrogen-bond donors (Lipinski definition) is 2. The predicted molar refractivity (Wildman–Crippen MR) is 62.0 cm³/mol. The highest BCUT2D eigenvalue weighted by Gasteiger charge is 2.30. The van der Waals surface area contributed by atoms with E-state index < -0.39 is 11.7 Å². The second kappa shape index (κ2) is 4.71. The molecule has 92 valence electrons. The zero-order valence-corrected chi connectivity index (χ0v) is 9.40. The van der Waals surface area contributed by atoms with Gasteiger partial charge in [-0.2, -0.15) is 0 Å². The number of carbonyl (C=O) groups is 1. The van der Waals surface area contributed by atoms with Gasteiger partial charge in [0.2, 0.25) is 0 Å². The summed E-state index contributed by atoms with van der Waals surface area (Å²) in [6.07, 6.45) is 1.59. The molecule has 2 rings (SSSR count). The number of amides is 1. The largest absolute Gasteiger partial charge is 0.399 e. The molecule has 5 heteroatoms. The first kappa shape index (κ1) is 11.9. The van der Waals surface area contributed by atoms with E-state index in [9.17, 15) is 9.18 Å². The number of halogens is 1. The lowest BCUT2D eigenvalue weighted by atomic mass is 10.1. The average molecular weight is 238 g/mol. The fourth-order valence-electron chi connectivity index (χ4n) is 2.15. The minimum absolute atomic E-state index is 0.0228. The number of aliphatic hydroxyl groups excluding tert-OH is 1. The number of nitrogens with two attached hydrogens (primary N) is 1. The Morgan fingerprint density at radius 3 is 3.06 bits per heavy atom. The molecular formula is C12H15FN2O2. The number of hydrogen-bond acceptors (Lipinski definition) is 3. The number of nitrogen functional groups attached to an aromatic ring is 1. The molecule has 0 aliphatic carbocycles. The normalized spacial score (nSPS) is 19.6. The third kappa shape index (κ3) is 2.24. The summed E-state index contributed by atoms with van der Waals surface area (Å²) in [5, 5.41) is 9.14. The number of benzene rings is 1. The number of anilines is 1. The maximum Gasteiger partial charge on any atom is 0.257 e. The molecule has 1 aromatic carbocycles. The van der Waals surface area contributed by atoms with E-state index in [2.05, 4.69) is 0 Å². The van der Waals surface area contributed by atoms with Crippen LogP contribution < -0.4 is 5.73 Å². The number of carbonyl (C=O) groups excluding carboxylic acids is 1. The van der Waals surface area contributed by atoms with Crippen molar-refractivity contribution in [2.75, 3.05) is 18.9 Å². The van der Waals surface area contributed by atoms with Gasteiger partial charge in [0.25, 0.3) is 5.91 Å². The van der Waals surface area contributed by atoms with Crippen LogP contribution in [-0.2, 0) is 0 Å². The Labute approximate surface area is 98.8 Å². The minimum Gasteiger partial charge on any atom is -0.399 e. The molecular weight excluding hydrogens is 223 g/mol. The van der Waals surface area contributed by atoms with Crippen LogP contribution in [-0.4, -0.2) is 35.1 Å². The quantitative estimate of drug-likeness (QED) is 0.755. The monoisotopic (exact) mass is 238 g/mol. The fourth-order valence-corrected chi connectivity index (χ4v) is 2.15. The summed E-state index contributed by atoms with van der Waals surface area (Å²) < 4.78 is 13.5. The van der Waals surface area contributed by atoms with Crippen molar-refractivity contribution in [3.8, 4) is 0 Å². The zero-order chi connectivity index (χ0) is 12.4. The maximum atomic E-state index is 13.5. The second-order valence-electron chi connectivity index (χ2n) is 4.22. The lowest BCUT2D eigenvalue weighted by molar-refractivity contribution is 0.0673. The van der Waals surface area contributed by atoms with Crippen LogP contribution in [0.5, 0.6) is 0 Å². The SMILES string of the molecule is Nc1ccc(F)c(C(=O)N2CCC[C@@H]2CO)c1. The Kier molecular flexibility index (Phi) is 3.28. The van der Waals surface area contributed by atoms with Crippen molar-refractivity contribution in [3.05, 3.63) is 29.6 Å². The first-order valence-electron chi connectivity index (χ1n) is 5.60. The van der Waals surface area contributed by atoms with E-state index in [-0.39, 0.29) is 18.2 Å². The van der Waals surface area contributed by atoms with Gasteiger partial charge in [0, 0.05) is 12.2 Å². The Balaban J connectivity index is 2.27. The second-order valence-corrected chi connectivity index (χ2v) is 4.22. The van der Waals surface area contributed by atoms with E-state index >= 15 is 0 Å². The van der Waals surface area contributed by atoms with Crippen LogP contribution in [0.3, 0.4) is 0 Å². The van der Waals surface area contributed by atoms with Gasteiger partial charge in [-0.3, -0.25) is 4.79 Å². The van der Waals surface area contributed by atoms with Gasteiger partial charge in [0.1, 0.15) is 5.82 Å². The van der Waals surface area contributed by atoms with Crippen molar-refractivity contribution in [1.82, 2.24) is 4.90 Å². The molecule has 17 heavy (non-hydrogen) atoms. The molecule has 3 N–H and O–H groups in total. The van der Waals surface area contributed by atoms with Crippen molar-refractivity contribution in [1.29, 1.82) is 0 Å². The van der Waals surface area contributed by atoms with E-state index in [1.165, 1.54) is 23.1 Å². The lowest BCUT2D eigenvalue weighted by Gasteiger charge is -2.23. The molecule has 1 atom stereocenters. The van der Waals surface area contributed by atoms with Gasteiger partial charge in [0.15, 0.2) is 0 Å². The summed E-state index contributed by atoms with van der Waals surface area (Å²) in [5.41, 5.74) is 5.88. The summed E-state index contributed by atoms with van der Waals surface area (Å²) in [7, 11) is 0. The lowest BCUT2D eigenvalue weighted by Crippen LogP contribution is -2.38. The van der Waals surface area contributed by atoms with Gasteiger partial charge in [-0.1, -0.05) is 0 Å². The highest BCUT2D eigenvalue weighted by molar-refractivity contribution is 5.95. The molecule has 1 heterocycles. The number of rotatable bonds is 2. The molecule has 1 aliphatic heterocycles. The van der Waals surface area contributed by atoms with Gasteiger partial charge in [-0.25, -0.2) is 4.39 Å². The summed E-state index contributed by atoms with van der Waals surface area (Å²) in [4.78, 5) is 13.6. The first-order valence-corrected chi connectivity index (χ1v) is 5.60. The topological polar surface area (TPSA) is 66.6 Å². The van der Waals surface area contributed by atoms with Crippen molar-refractivity contribution < 1.29 is 14.3 Å². The molecule has 0 radical (unpaired) electrons. The molecule has 1 fully saturated rings. The van der Waals surface area contributed by atoms with E-state index in [1.54, 1.807) is 0 Å². The van der Waals surface area contributed by atoms with Crippen molar-refractivity contribution in [2.45, 2.75) is 18.9 Å². The zero-order valence-electron chi connectivity index (χ0n) is 9.40. The van der Waals surface area contributed by atoms with Crippen molar-refractivity contribution in [2.24, 2.45) is 0 Å². The molecule has 0 spiro atoms. The van der Waals surface area contributed by atoms with Gasteiger partial charge in [-0.15, -0.1) is 0 Å². The number of aliphatic hydroxyl groups is 1. The van der Waals surface area contributed by atoms with E-state index in [4.69, 9.17) is 10.8 Å². The average Bonchev–Trinajstić information content (AvgIpc) is 2.79. The van der Waals surface area contributed by atoms with Gasteiger partial charge in [0.05, 0.1) is 18.2 Å². The predicted octanol–water partition coefficient (Wildman–Crippen LogP) is 1.00. The molecule has 0 bridgehead atoms. The maximum absolute atomic E-state index is 13.5. The summed E-state index contributed by atoms with van der Waals surface area (Å²) >= 11 is 0. The van der Waals surface area contributed by atoms with E-state index in [0.29, 0.717) is 12.2 Å². The molecule has 1 saturated heterocycles. The van der Waals surface area contributed by atoms with Crippen LogP contribution >= 0.6 is 0 Å². The summed E-state index contributed by atoms with van der Waals surface area (Å²) in [6, 6.07) is 3.74. The third-order valence-corrected chi connectivity index (χ3v) is 3.07. The Bertz CT molecular complexity index is 437. The summed E-state index contributed by atoms with van der Waals surface area (Å²) in [6.45, 7) is 0.466. The van der Waals surface area contributed by atoms with Crippen molar-refractivity contribution in [3.63, 3.8) is 0 Å². The smallest absolute Gasteiger partial charge is 0.257 e. The van der Waals surface area contributed by atoms with Gasteiger partial charge < -0.3 is 15.7 Å². The minimum atomic E-state index is -0.576. The van der Waals surface area contributed by atoms with Crippen molar-refractivity contribution >= 4 is 11.6 Å². The van der Waals surface area contributed by atoms with Gasteiger partial charge >= 0.3 is 0 Å². The van der Waals surface area contributed by atoms with E-state index in [0.717, 1.165) is 12.8 Å². The highest BCUT2D eigenvalue weighted by atomic mass is 19.1. The molecule has 1 aromatic rings. The molecule has 1 amide bonds. The Morgan fingerprint density at radius 2 is 2.35 bits per heavy atom. The molecule has 0 aromatic heterocycles. The number of likely N-dealkylation sites (tertiary alicyclic amines) is 1. The Morgan fingerprint density at radius 1 is 1.59 bits per heavy atom. The van der Waals surface area contributed by atoms with Crippen LogP contribution in [0.4, 0.5) is 10.1 Å². The van der Waals surface area contributed by atoms with Crippen LogP contribution in [0.25, 0.3) is 0 Å².